The molecule has 0 bridgehead atoms. The maximum atomic E-state index is 11.6. The van der Waals surface area contributed by atoms with Gasteiger partial charge >= 0.3 is 0 Å². The smallest absolute Gasteiger partial charge is 0.227 e. The second-order valence-corrected chi connectivity index (χ2v) is 6.45. The van der Waals surface area contributed by atoms with Gasteiger partial charge in [-0.1, -0.05) is 6.92 Å². The van der Waals surface area contributed by atoms with E-state index >= 15 is 0 Å². The normalized spacial score (nSPS) is 21.2. The van der Waals surface area contributed by atoms with Crippen molar-refractivity contribution in [2.24, 2.45) is 5.92 Å². The Balaban J connectivity index is 1.74. The Bertz CT molecular complexity index is 574. The fraction of sp³-hybridized carbons (Fsp3) is 0.706. The van der Waals surface area contributed by atoms with Crippen LogP contribution in [-0.2, 0) is 16.0 Å². The number of rotatable bonds is 5. The molecule has 1 unspecified atom stereocenters. The van der Waals surface area contributed by atoms with E-state index in [1.54, 1.807) is 7.05 Å². The Labute approximate surface area is 143 Å². The van der Waals surface area contributed by atoms with Gasteiger partial charge in [0.2, 0.25) is 11.9 Å². The van der Waals surface area contributed by atoms with Crippen LogP contribution in [0.15, 0.2) is 6.07 Å². The van der Waals surface area contributed by atoms with Crippen LogP contribution in [0.5, 0.6) is 0 Å². The van der Waals surface area contributed by atoms with Gasteiger partial charge in [-0.25, -0.2) is 4.98 Å². The number of nitrogens with zero attached hydrogens (tertiary/aromatic N) is 4. The van der Waals surface area contributed by atoms with E-state index < -0.39 is 0 Å². The van der Waals surface area contributed by atoms with E-state index in [0.717, 1.165) is 69.7 Å². The topological polar surface area (TPSA) is 70.6 Å². The van der Waals surface area contributed by atoms with Crippen molar-refractivity contribution >= 4 is 17.7 Å². The lowest BCUT2D eigenvalue weighted by atomic mass is 10.1. The minimum atomic E-state index is 0.118. The first-order chi connectivity index (χ1) is 11.7. The zero-order chi connectivity index (χ0) is 16.9. The Kier molecular flexibility index (Phi) is 5.50. The number of nitrogens with one attached hydrogen (secondary N) is 1. The quantitative estimate of drug-likeness (QED) is 0.861. The van der Waals surface area contributed by atoms with Crippen molar-refractivity contribution in [1.29, 1.82) is 0 Å². The standard InChI is InChI=1S/C17H27N5O2/c1-3-14-11-15(20-17(19-14)21-6-8-24-9-7-21)22-5-4-13(12-22)10-16(23)18-2/h11,13H,3-10,12H2,1-2H3,(H,18,23). The van der Waals surface area contributed by atoms with Gasteiger partial charge in [-0.2, -0.15) is 4.98 Å². The maximum Gasteiger partial charge on any atom is 0.227 e. The third-order valence-electron chi connectivity index (χ3n) is 4.77. The monoisotopic (exact) mass is 333 g/mol. The molecular formula is C17H27N5O2. The summed E-state index contributed by atoms with van der Waals surface area (Å²) in [7, 11) is 1.70. The highest BCUT2D eigenvalue weighted by atomic mass is 16.5. The molecule has 1 atom stereocenters. The summed E-state index contributed by atoms with van der Waals surface area (Å²) in [6.45, 7) is 7.09. The second-order valence-electron chi connectivity index (χ2n) is 6.45. The van der Waals surface area contributed by atoms with Crippen LogP contribution in [0, 0.1) is 5.92 Å². The molecule has 0 saturated carbocycles. The first-order valence-corrected chi connectivity index (χ1v) is 8.85. The molecule has 1 aromatic heterocycles. The fourth-order valence-corrected chi connectivity index (χ4v) is 3.29. The molecule has 1 N–H and O–H groups in total. The van der Waals surface area contributed by atoms with Crippen molar-refractivity contribution < 1.29 is 9.53 Å². The molecule has 1 aromatic rings. The summed E-state index contributed by atoms with van der Waals surface area (Å²) in [5.41, 5.74) is 1.07. The van der Waals surface area contributed by atoms with E-state index in [9.17, 15) is 4.79 Å². The molecule has 0 spiro atoms. The highest BCUT2D eigenvalue weighted by molar-refractivity contribution is 5.76. The average molecular weight is 333 g/mol. The fourth-order valence-electron chi connectivity index (χ4n) is 3.29. The van der Waals surface area contributed by atoms with Crippen LogP contribution in [0.1, 0.15) is 25.5 Å². The number of ether oxygens (including phenoxy) is 1. The number of amides is 1. The van der Waals surface area contributed by atoms with Crippen molar-refractivity contribution in [2.75, 3.05) is 56.2 Å². The van der Waals surface area contributed by atoms with Gasteiger partial charge in [-0.3, -0.25) is 4.79 Å². The molecule has 7 heteroatoms. The molecule has 3 heterocycles. The molecule has 0 radical (unpaired) electrons. The summed E-state index contributed by atoms with van der Waals surface area (Å²) in [6, 6.07) is 2.09. The minimum Gasteiger partial charge on any atom is -0.378 e. The summed E-state index contributed by atoms with van der Waals surface area (Å²) in [6.07, 6.45) is 2.52. The Morgan fingerprint density at radius 2 is 2.08 bits per heavy atom. The molecule has 2 aliphatic rings. The van der Waals surface area contributed by atoms with Gasteiger partial charge in [0, 0.05) is 51.4 Å². The van der Waals surface area contributed by atoms with Gasteiger partial charge in [-0.05, 0) is 18.8 Å². The molecule has 3 rings (SSSR count). The highest BCUT2D eigenvalue weighted by Crippen LogP contribution is 2.26. The van der Waals surface area contributed by atoms with E-state index in [1.165, 1.54) is 0 Å². The second kappa shape index (κ2) is 7.79. The van der Waals surface area contributed by atoms with Crippen molar-refractivity contribution in [1.82, 2.24) is 15.3 Å². The molecule has 132 valence electrons. The number of carbonyl (C=O) groups excluding carboxylic acids is 1. The molecule has 2 aliphatic heterocycles. The summed E-state index contributed by atoms with van der Waals surface area (Å²) in [5, 5.41) is 2.72. The molecule has 24 heavy (non-hydrogen) atoms. The molecule has 7 nitrogen and oxygen atoms in total. The lowest BCUT2D eigenvalue weighted by Crippen LogP contribution is -2.37. The molecule has 0 aromatic carbocycles. The molecule has 2 saturated heterocycles. The summed E-state index contributed by atoms with van der Waals surface area (Å²) in [4.78, 5) is 25.6. The number of morpholine rings is 1. The van der Waals surface area contributed by atoms with E-state index in [-0.39, 0.29) is 5.91 Å². The minimum absolute atomic E-state index is 0.118. The Hall–Kier alpha value is -1.89. The van der Waals surface area contributed by atoms with Gasteiger partial charge in [0.1, 0.15) is 5.82 Å². The molecule has 2 fully saturated rings. The number of carbonyl (C=O) groups is 1. The van der Waals surface area contributed by atoms with Gasteiger partial charge in [0.15, 0.2) is 0 Å². The number of hydrogen-bond acceptors (Lipinski definition) is 6. The zero-order valence-electron chi connectivity index (χ0n) is 14.6. The largest absolute Gasteiger partial charge is 0.378 e. The first kappa shape index (κ1) is 17.0. The van der Waals surface area contributed by atoms with Crippen molar-refractivity contribution in [3.8, 4) is 0 Å². The van der Waals surface area contributed by atoms with Gasteiger partial charge in [0.25, 0.3) is 0 Å². The molecular weight excluding hydrogens is 306 g/mol. The van der Waals surface area contributed by atoms with Gasteiger partial charge in [-0.15, -0.1) is 0 Å². The van der Waals surface area contributed by atoms with Crippen LogP contribution in [0.3, 0.4) is 0 Å². The third kappa shape index (κ3) is 3.95. The summed E-state index contributed by atoms with van der Waals surface area (Å²) < 4.78 is 5.42. The van der Waals surface area contributed by atoms with E-state index in [1.807, 2.05) is 0 Å². The molecule has 0 aliphatic carbocycles. The summed E-state index contributed by atoms with van der Waals surface area (Å²) in [5.74, 6) is 2.31. The lowest BCUT2D eigenvalue weighted by Gasteiger charge is -2.28. The van der Waals surface area contributed by atoms with Crippen LogP contribution < -0.4 is 15.1 Å². The SMILES string of the molecule is CCc1cc(N2CCC(CC(=O)NC)C2)nc(N2CCOCC2)n1. The zero-order valence-corrected chi connectivity index (χ0v) is 14.6. The van der Waals surface area contributed by atoms with Crippen LogP contribution in [0.2, 0.25) is 0 Å². The number of hydrogen-bond donors (Lipinski definition) is 1. The Morgan fingerprint density at radius 1 is 1.29 bits per heavy atom. The third-order valence-corrected chi connectivity index (χ3v) is 4.77. The maximum absolute atomic E-state index is 11.6. The van der Waals surface area contributed by atoms with E-state index in [4.69, 9.17) is 14.7 Å². The number of anilines is 2. The lowest BCUT2D eigenvalue weighted by molar-refractivity contribution is -0.121. The van der Waals surface area contributed by atoms with Crippen molar-refractivity contribution in [3.05, 3.63) is 11.8 Å². The number of aryl methyl sites for hydroxylation is 1. The predicted octanol–water partition coefficient (Wildman–Crippen LogP) is 0.838. The van der Waals surface area contributed by atoms with Crippen LogP contribution in [-0.4, -0.2) is 62.3 Å². The van der Waals surface area contributed by atoms with E-state index in [0.29, 0.717) is 12.3 Å². The predicted molar refractivity (Wildman–Crippen MR) is 93.4 cm³/mol. The van der Waals surface area contributed by atoms with Gasteiger partial charge in [0.05, 0.1) is 13.2 Å². The van der Waals surface area contributed by atoms with Crippen molar-refractivity contribution in [2.45, 2.75) is 26.2 Å². The first-order valence-electron chi connectivity index (χ1n) is 8.85. The summed E-state index contributed by atoms with van der Waals surface area (Å²) >= 11 is 0. The number of aromatic nitrogens is 2. The average Bonchev–Trinajstić information content (AvgIpc) is 3.10. The van der Waals surface area contributed by atoms with Crippen LogP contribution in [0.4, 0.5) is 11.8 Å². The van der Waals surface area contributed by atoms with Gasteiger partial charge < -0.3 is 19.9 Å². The van der Waals surface area contributed by atoms with Crippen molar-refractivity contribution in [3.63, 3.8) is 0 Å². The Morgan fingerprint density at radius 3 is 2.79 bits per heavy atom. The molecule has 1 amide bonds. The van der Waals surface area contributed by atoms with Crippen LogP contribution >= 0.6 is 0 Å². The highest BCUT2D eigenvalue weighted by Gasteiger charge is 2.26. The van der Waals surface area contributed by atoms with Crippen LogP contribution in [0.25, 0.3) is 0 Å². The van der Waals surface area contributed by atoms with E-state index in [2.05, 4.69) is 28.1 Å².